The third-order valence-corrected chi connectivity index (χ3v) is 2.60. The summed E-state index contributed by atoms with van der Waals surface area (Å²) in [6, 6.07) is -0.340. The van der Waals surface area contributed by atoms with Crippen molar-refractivity contribution in [2.24, 2.45) is 11.8 Å². The van der Waals surface area contributed by atoms with Crippen LogP contribution in [0.15, 0.2) is 0 Å². The molecular weight excluding hydrogens is 236 g/mol. The van der Waals surface area contributed by atoms with E-state index in [0.29, 0.717) is 13.2 Å². The Labute approximate surface area is 108 Å². The molecule has 2 amide bonds. The Kier molecular flexibility index (Phi) is 8.11. The smallest absolute Gasteiger partial charge is 0.315 e. The van der Waals surface area contributed by atoms with Crippen molar-refractivity contribution in [2.45, 2.75) is 33.2 Å². The summed E-state index contributed by atoms with van der Waals surface area (Å²) in [4.78, 5) is 22.1. The molecule has 0 saturated heterocycles. The van der Waals surface area contributed by atoms with E-state index in [9.17, 15) is 9.59 Å². The third kappa shape index (κ3) is 7.89. The average Bonchev–Trinajstić information content (AvgIpc) is 2.24. The highest BCUT2D eigenvalue weighted by atomic mass is 16.5. The fraction of sp³-hybridized carbons (Fsp3) is 0.833. The first kappa shape index (κ1) is 16.7. The lowest BCUT2D eigenvalue weighted by Gasteiger charge is -2.22. The third-order valence-electron chi connectivity index (χ3n) is 2.60. The molecule has 2 unspecified atom stereocenters. The van der Waals surface area contributed by atoms with Gasteiger partial charge in [-0.1, -0.05) is 20.8 Å². The molecule has 0 aliphatic rings. The van der Waals surface area contributed by atoms with Gasteiger partial charge in [0.1, 0.15) is 0 Å². The van der Waals surface area contributed by atoms with Gasteiger partial charge >= 0.3 is 12.0 Å². The maximum Gasteiger partial charge on any atom is 0.315 e. The van der Waals surface area contributed by atoms with Crippen LogP contribution in [-0.4, -0.2) is 43.4 Å². The van der Waals surface area contributed by atoms with Crippen LogP contribution in [0.4, 0.5) is 4.79 Å². The number of amides is 2. The van der Waals surface area contributed by atoms with Crippen LogP contribution in [0, 0.1) is 11.8 Å². The first-order valence-electron chi connectivity index (χ1n) is 6.11. The average molecular weight is 260 g/mol. The van der Waals surface area contributed by atoms with Crippen LogP contribution < -0.4 is 10.6 Å². The van der Waals surface area contributed by atoms with Crippen LogP contribution in [0.3, 0.4) is 0 Å². The molecule has 0 fully saturated rings. The first-order valence-corrected chi connectivity index (χ1v) is 6.11. The SMILES string of the molecule is COCC(NC(=O)NCC(C)CC(=O)O)C(C)C. The Morgan fingerprint density at radius 3 is 2.33 bits per heavy atom. The van der Waals surface area contributed by atoms with E-state index in [-0.39, 0.29) is 30.3 Å². The monoisotopic (exact) mass is 260 g/mol. The number of carbonyl (C=O) groups is 2. The van der Waals surface area contributed by atoms with E-state index in [1.165, 1.54) is 0 Å². The quantitative estimate of drug-likeness (QED) is 0.609. The summed E-state index contributed by atoms with van der Waals surface area (Å²) in [5, 5.41) is 14.1. The Morgan fingerprint density at radius 2 is 1.89 bits per heavy atom. The zero-order valence-corrected chi connectivity index (χ0v) is 11.5. The van der Waals surface area contributed by atoms with Gasteiger partial charge < -0.3 is 20.5 Å². The minimum Gasteiger partial charge on any atom is -0.481 e. The maximum absolute atomic E-state index is 11.6. The van der Waals surface area contributed by atoms with Gasteiger partial charge in [-0.05, 0) is 11.8 Å². The Balaban J connectivity index is 3.98. The summed E-state index contributed by atoms with van der Waals surface area (Å²) in [7, 11) is 1.59. The minimum absolute atomic E-state index is 0.0476. The highest BCUT2D eigenvalue weighted by Gasteiger charge is 2.16. The van der Waals surface area contributed by atoms with Gasteiger partial charge in [-0.15, -0.1) is 0 Å². The molecule has 0 spiro atoms. The van der Waals surface area contributed by atoms with E-state index in [2.05, 4.69) is 10.6 Å². The van der Waals surface area contributed by atoms with E-state index < -0.39 is 5.97 Å². The van der Waals surface area contributed by atoms with E-state index in [4.69, 9.17) is 9.84 Å². The van der Waals surface area contributed by atoms with Crippen LogP contribution in [0.1, 0.15) is 27.2 Å². The molecule has 2 atom stereocenters. The molecular formula is C12H24N2O4. The number of rotatable bonds is 8. The van der Waals surface area contributed by atoms with Gasteiger partial charge in [-0.25, -0.2) is 4.79 Å². The number of aliphatic carboxylic acids is 1. The number of ether oxygens (including phenoxy) is 1. The van der Waals surface area contributed by atoms with Crippen molar-refractivity contribution in [1.82, 2.24) is 10.6 Å². The number of nitrogens with one attached hydrogen (secondary N) is 2. The van der Waals surface area contributed by atoms with Crippen LogP contribution >= 0.6 is 0 Å². The van der Waals surface area contributed by atoms with Crippen molar-refractivity contribution in [1.29, 1.82) is 0 Å². The van der Waals surface area contributed by atoms with E-state index in [1.807, 2.05) is 13.8 Å². The van der Waals surface area contributed by atoms with Crippen LogP contribution in [-0.2, 0) is 9.53 Å². The van der Waals surface area contributed by atoms with Crippen molar-refractivity contribution in [3.63, 3.8) is 0 Å². The van der Waals surface area contributed by atoms with Gasteiger partial charge in [0.15, 0.2) is 0 Å². The molecule has 0 rings (SSSR count). The minimum atomic E-state index is -0.857. The van der Waals surface area contributed by atoms with Crippen molar-refractivity contribution >= 4 is 12.0 Å². The summed E-state index contributed by atoms with van der Waals surface area (Å²) in [5.74, 6) is -0.676. The molecule has 0 aromatic rings. The predicted molar refractivity (Wildman–Crippen MR) is 68.5 cm³/mol. The molecule has 0 radical (unpaired) electrons. The molecule has 0 aromatic heterocycles. The molecule has 18 heavy (non-hydrogen) atoms. The van der Waals surface area contributed by atoms with Gasteiger partial charge in [0, 0.05) is 20.1 Å². The van der Waals surface area contributed by atoms with Gasteiger partial charge in [0.25, 0.3) is 0 Å². The standard InChI is InChI=1S/C12H24N2O4/c1-8(2)10(7-18-4)14-12(17)13-6-9(3)5-11(15)16/h8-10H,5-7H2,1-4H3,(H,15,16)(H2,13,14,17). The van der Waals surface area contributed by atoms with Crippen molar-refractivity contribution in [3.8, 4) is 0 Å². The molecule has 106 valence electrons. The second-order valence-corrected chi connectivity index (χ2v) is 4.86. The van der Waals surface area contributed by atoms with Gasteiger partial charge in [0.2, 0.25) is 0 Å². The molecule has 6 nitrogen and oxygen atoms in total. The Bertz CT molecular complexity index is 269. The second kappa shape index (κ2) is 8.74. The van der Waals surface area contributed by atoms with Crippen molar-refractivity contribution in [3.05, 3.63) is 0 Å². The molecule has 3 N–H and O–H groups in total. The molecule has 0 aromatic carbocycles. The van der Waals surface area contributed by atoms with Gasteiger partial charge in [0.05, 0.1) is 12.6 Å². The van der Waals surface area contributed by atoms with Crippen molar-refractivity contribution in [2.75, 3.05) is 20.3 Å². The van der Waals surface area contributed by atoms with Crippen LogP contribution in [0.2, 0.25) is 0 Å². The molecule has 0 bridgehead atoms. The van der Waals surface area contributed by atoms with E-state index in [0.717, 1.165) is 0 Å². The zero-order valence-electron chi connectivity index (χ0n) is 11.5. The summed E-state index contributed by atoms with van der Waals surface area (Å²) >= 11 is 0. The molecule has 0 heterocycles. The highest BCUT2D eigenvalue weighted by Crippen LogP contribution is 2.02. The number of hydrogen-bond donors (Lipinski definition) is 3. The molecule has 0 aliphatic carbocycles. The lowest BCUT2D eigenvalue weighted by molar-refractivity contribution is -0.137. The topological polar surface area (TPSA) is 87.7 Å². The van der Waals surface area contributed by atoms with Crippen LogP contribution in [0.25, 0.3) is 0 Å². The van der Waals surface area contributed by atoms with Crippen LogP contribution in [0.5, 0.6) is 0 Å². The highest BCUT2D eigenvalue weighted by molar-refractivity contribution is 5.74. The number of urea groups is 1. The number of carboxylic acids is 1. The number of carboxylic acid groups (broad SMARTS) is 1. The van der Waals surface area contributed by atoms with Gasteiger partial charge in [-0.3, -0.25) is 4.79 Å². The summed E-state index contributed by atoms with van der Waals surface area (Å²) in [6.07, 6.45) is 0.0476. The summed E-state index contributed by atoms with van der Waals surface area (Å²) in [5.41, 5.74) is 0. The second-order valence-electron chi connectivity index (χ2n) is 4.86. The number of carbonyl (C=O) groups excluding carboxylic acids is 1. The normalized spacial score (nSPS) is 14.1. The maximum atomic E-state index is 11.6. The first-order chi connectivity index (χ1) is 8.36. The number of methoxy groups -OCH3 is 1. The van der Waals surface area contributed by atoms with E-state index >= 15 is 0 Å². The fourth-order valence-electron chi connectivity index (χ4n) is 1.44. The van der Waals surface area contributed by atoms with Crippen molar-refractivity contribution < 1.29 is 19.4 Å². The molecule has 6 heteroatoms. The summed E-state index contributed by atoms with van der Waals surface area (Å²) < 4.78 is 5.02. The van der Waals surface area contributed by atoms with E-state index in [1.54, 1.807) is 14.0 Å². The largest absolute Gasteiger partial charge is 0.481 e. The molecule has 0 aliphatic heterocycles. The zero-order chi connectivity index (χ0) is 14.1. The fourth-order valence-corrected chi connectivity index (χ4v) is 1.44. The lowest BCUT2D eigenvalue weighted by Crippen LogP contribution is -2.47. The summed E-state index contributed by atoms with van der Waals surface area (Å²) in [6.45, 7) is 6.57. The number of hydrogen-bond acceptors (Lipinski definition) is 3. The molecule has 0 saturated carbocycles. The Hall–Kier alpha value is -1.30. The Morgan fingerprint density at radius 1 is 1.28 bits per heavy atom. The predicted octanol–water partition coefficient (Wildman–Crippen LogP) is 1.07. The lowest BCUT2D eigenvalue weighted by atomic mass is 10.1. The van der Waals surface area contributed by atoms with Gasteiger partial charge in [-0.2, -0.15) is 0 Å².